The molecule has 0 saturated carbocycles. The van der Waals surface area contributed by atoms with Crippen LogP contribution >= 0.6 is 0 Å². The van der Waals surface area contributed by atoms with Crippen molar-refractivity contribution in [2.45, 2.75) is 38.9 Å². The number of anilines is 2. The summed E-state index contributed by atoms with van der Waals surface area (Å²) in [6.07, 6.45) is -1.13. The number of halogens is 2. The van der Waals surface area contributed by atoms with Gasteiger partial charge in [-0.3, -0.25) is 4.79 Å². The van der Waals surface area contributed by atoms with Gasteiger partial charge in [-0.15, -0.1) is 0 Å². The molecule has 0 aliphatic carbocycles. The van der Waals surface area contributed by atoms with E-state index in [9.17, 15) is 23.8 Å². The fourth-order valence-corrected chi connectivity index (χ4v) is 3.28. The van der Waals surface area contributed by atoms with Crippen molar-refractivity contribution in [3.8, 4) is 0 Å². The first-order valence-corrected chi connectivity index (χ1v) is 9.84. The molecule has 4 N–H and O–H groups in total. The number of aliphatic hydroxyl groups excluding tert-OH is 2. The van der Waals surface area contributed by atoms with E-state index >= 15 is 0 Å². The van der Waals surface area contributed by atoms with Gasteiger partial charge >= 0.3 is 0 Å². The molecule has 1 fully saturated rings. The minimum atomic E-state index is -1.28. The third kappa shape index (κ3) is 5.53. The Kier molecular flexibility index (Phi) is 7.89. The van der Waals surface area contributed by atoms with Crippen LogP contribution in [0.2, 0.25) is 0 Å². The average Bonchev–Trinajstić information content (AvgIpc) is 2.69. The number of β-amino-alcohol motifs (C(OH)–C–C–N with tert-alkyl or cyclic N) is 1. The number of aryl methyl sites for hydroxylation is 1. The Hall–Kier alpha value is -2.55. The minimum absolute atomic E-state index is 0.0292. The van der Waals surface area contributed by atoms with Crippen LogP contribution in [-0.2, 0) is 0 Å². The summed E-state index contributed by atoms with van der Waals surface area (Å²) in [6.45, 7) is 5.20. The van der Waals surface area contributed by atoms with Crippen LogP contribution in [0, 0.1) is 18.6 Å². The lowest BCUT2D eigenvalue weighted by atomic mass is 9.87. The SMILES string of the molecule is CC.Cc1ccc(Nc2cc(F)ccc2C(=O)N2CC(O)(CC(O)CO)C2)c(F)c1. The number of rotatable bonds is 6. The van der Waals surface area contributed by atoms with E-state index in [4.69, 9.17) is 5.11 Å². The Morgan fingerprint density at radius 3 is 2.43 bits per heavy atom. The number of amides is 1. The van der Waals surface area contributed by atoms with Crippen molar-refractivity contribution in [1.82, 2.24) is 4.90 Å². The molecule has 1 aliphatic rings. The van der Waals surface area contributed by atoms with Crippen LogP contribution in [0.1, 0.15) is 36.2 Å². The van der Waals surface area contributed by atoms with Gasteiger partial charge in [-0.2, -0.15) is 0 Å². The van der Waals surface area contributed by atoms with Crippen molar-refractivity contribution >= 4 is 17.3 Å². The van der Waals surface area contributed by atoms with Crippen LogP contribution in [0.4, 0.5) is 20.2 Å². The zero-order valence-electron chi connectivity index (χ0n) is 17.3. The first-order valence-electron chi connectivity index (χ1n) is 9.84. The highest BCUT2D eigenvalue weighted by molar-refractivity contribution is 6.01. The molecule has 30 heavy (non-hydrogen) atoms. The second-order valence-electron chi connectivity index (χ2n) is 7.22. The monoisotopic (exact) mass is 422 g/mol. The Bertz CT molecular complexity index is 885. The van der Waals surface area contributed by atoms with Crippen LogP contribution < -0.4 is 5.32 Å². The summed E-state index contributed by atoms with van der Waals surface area (Å²) >= 11 is 0. The van der Waals surface area contributed by atoms with Crippen LogP contribution in [-0.4, -0.2) is 57.5 Å². The molecule has 1 amide bonds. The zero-order chi connectivity index (χ0) is 22.5. The lowest BCUT2D eigenvalue weighted by Crippen LogP contribution is -2.64. The van der Waals surface area contributed by atoms with Gasteiger partial charge in [0.25, 0.3) is 5.91 Å². The van der Waals surface area contributed by atoms with E-state index < -0.39 is 35.9 Å². The van der Waals surface area contributed by atoms with E-state index in [1.807, 2.05) is 13.8 Å². The normalized spacial score (nSPS) is 15.5. The van der Waals surface area contributed by atoms with E-state index in [0.29, 0.717) is 0 Å². The molecule has 1 atom stereocenters. The molecule has 2 aromatic rings. The van der Waals surface area contributed by atoms with Crippen molar-refractivity contribution in [3.05, 3.63) is 59.2 Å². The number of aliphatic hydroxyl groups is 3. The smallest absolute Gasteiger partial charge is 0.256 e. The molecular weight excluding hydrogens is 394 g/mol. The lowest BCUT2D eigenvalue weighted by Gasteiger charge is -2.47. The topological polar surface area (TPSA) is 93.0 Å². The Labute approximate surface area is 174 Å². The number of nitrogens with zero attached hydrogens (tertiary/aromatic N) is 1. The van der Waals surface area contributed by atoms with Crippen molar-refractivity contribution in [1.29, 1.82) is 0 Å². The first kappa shape index (κ1) is 23.7. The highest BCUT2D eigenvalue weighted by Gasteiger charge is 2.45. The lowest BCUT2D eigenvalue weighted by molar-refractivity contribution is -0.109. The van der Waals surface area contributed by atoms with E-state index in [1.165, 1.54) is 23.1 Å². The summed E-state index contributed by atoms with van der Waals surface area (Å²) in [7, 11) is 0. The predicted octanol–water partition coefficient (Wildman–Crippen LogP) is 2.97. The molecule has 164 valence electrons. The van der Waals surface area contributed by atoms with Gasteiger partial charge in [-0.1, -0.05) is 19.9 Å². The van der Waals surface area contributed by atoms with Crippen LogP contribution in [0.5, 0.6) is 0 Å². The number of hydrogen-bond donors (Lipinski definition) is 4. The number of carbonyl (C=O) groups excluding carboxylic acids is 1. The molecule has 0 radical (unpaired) electrons. The van der Waals surface area contributed by atoms with E-state index in [1.54, 1.807) is 13.0 Å². The van der Waals surface area contributed by atoms with Gasteiger partial charge < -0.3 is 25.5 Å². The Balaban J connectivity index is 0.00000155. The maximum Gasteiger partial charge on any atom is 0.256 e. The maximum atomic E-state index is 14.1. The van der Waals surface area contributed by atoms with Crippen molar-refractivity contribution in [2.75, 3.05) is 25.0 Å². The second-order valence-corrected chi connectivity index (χ2v) is 7.22. The number of carbonyl (C=O) groups is 1. The van der Waals surface area contributed by atoms with Crippen molar-refractivity contribution in [2.24, 2.45) is 0 Å². The van der Waals surface area contributed by atoms with Gasteiger partial charge in [-0.25, -0.2) is 8.78 Å². The average molecular weight is 422 g/mol. The molecule has 8 heteroatoms. The van der Waals surface area contributed by atoms with Gasteiger partial charge in [0.2, 0.25) is 0 Å². The highest BCUT2D eigenvalue weighted by atomic mass is 19.1. The molecule has 0 aromatic heterocycles. The Morgan fingerprint density at radius 2 is 1.83 bits per heavy atom. The number of likely N-dealkylation sites (tertiary alicyclic amines) is 1. The first-order chi connectivity index (χ1) is 14.2. The van der Waals surface area contributed by atoms with E-state index in [2.05, 4.69) is 5.32 Å². The molecule has 1 saturated heterocycles. The molecule has 6 nitrogen and oxygen atoms in total. The predicted molar refractivity (Wildman–Crippen MR) is 111 cm³/mol. The fraction of sp³-hybridized carbons (Fsp3) is 0.409. The minimum Gasteiger partial charge on any atom is -0.394 e. The molecule has 2 aromatic carbocycles. The number of hydrogen-bond acceptors (Lipinski definition) is 5. The maximum absolute atomic E-state index is 14.1. The summed E-state index contributed by atoms with van der Waals surface area (Å²) in [5.74, 6) is -1.57. The van der Waals surface area contributed by atoms with Gasteiger partial charge in [0.15, 0.2) is 0 Å². The van der Waals surface area contributed by atoms with Crippen molar-refractivity contribution < 1.29 is 28.9 Å². The summed E-state index contributed by atoms with van der Waals surface area (Å²) in [5.41, 5.74) is -0.209. The third-order valence-corrected chi connectivity index (χ3v) is 4.69. The largest absolute Gasteiger partial charge is 0.394 e. The standard InChI is InChI=1S/C20H22F2N2O4.C2H6/c1-12-2-5-17(16(22)6-12)23-18-7-13(21)3-4-15(18)19(27)24-10-20(28,11-24)8-14(26)9-25;1-2/h2-7,14,23,25-26,28H,8-11H2,1H3;1-2H3. The molecule has 3 rings (SSSR count). The molecule has 1 heterocycles. The summed E-state index contributed by atoms with van der Waals surface area (Å²) in [4.78, 5) is 14.1. The van der Waals surface area contributed by atoms with Gasteiger partial charge in [0, 0.05) is 6.42 Å². The molecule has 1 aliphatic heterocycles. The number of nitrogens with one attached hydrogen (secondary N) is 1. The zero-order valence-corrected chi connectivity index (χ0v) is 17.3. The molecule has 0 spiro atoms. The number of benzene rings is 2. The third-order valence-electron chi connectivity index (χ3n) is 4.69. The summed E-state index contributed by atoms with van der Waals surface area (Å²) in [5, 5.41) is 31.4. The second kappa shape index (κ2) is 9.97. The van der Waals surface area contributed by atoms with Crippen LogP contribution in [0.15, 0.2) is 36.4 Å². The molecule has 1 unspecified atom stereocenters. The summed E-state index contributed by atoms with van der Waals surface area (Å²) < 4.78 is 27.9. The molecule has 0 bridgehead atoms. The van der Waals surface area contributed by atoms with Crippen LogP contribution in [0.25, 0.3) is 0 Å². The van der Waals surface area contributed by atoms with E-state index in [0.717, 1.165) is 17.7 Å². The van der Waals surface area contributed by atoms with Gasteiger partial charge in [0.05, 0.1) is 42.7 Å². The van der Waals surface area contributed by atoms with Crippen LogP contribution in [0.3, 0.4) is 0 Å². The van der Waals surface area contributed by atoms with Gasteiger partial charge in [0.1, 0.15) is 17.2 Å². The summed E-state index contributed by atoms with van der Waals surface area (Å²) in [6, 6.07) is 8.05. The van der Waals surface area contributed by atoms with Gasteiger partial charge in [-0.05, 0) is 42.8 Å². The fourth-order valence-electron chi connectivity index (χ4n) is 3.28. The Morgan fingerprint density at radius 1 is 1.17 bits per heavy atom. The molecular formula is C22H28F2N2O4. The van der Waals surface area contributed by atoms with E-state index in [-0.39, 0.29) is 36.4 Å². The quantitative estimate of drug-likeness (QED) is 0.574. The highest BCUT2D eigenvalue weighted by Crippen LogP contribution is 2.31. The van der Waals surface area contributed by atoms with Crippen molar-refractivity contribution in [3.63, 3.8) is 0 Å².